The van der Waals surface area contributed by atoms with Gasteiger partial charge in [0.05, 0.1) is 12.2 Å². The van der Waals surface area contributed by atoms with Crippen LogP contribution >= 0.6 is 11.8 Å². The van der Waals surface area contributed by atoms with Crippen LogP contribution in [0.5, 0.6) is 5.75 Å². The van der Waals surface area contributed by atoms with Gasteiger partial charge in [-0.2, -0.15) is 0 Å². The summed E-state index contributed by atoms with van der Waals surface area (Å²) in [6.07, 6.45) is 1.31. The van der Waals surface area contributed by atoms with Gasteiger partial charge in [0.2, 0.25) is 0 Å². The molecule has 0 unspecified atom stereocenters. The molecule has 3 rings (SSSR count). The molecule has 0 fully saturated rings. The minimum Gasteiger partial charge on any atom is -0.481 e. The summed E-state index contributed by atoms with van der Waals surface area (Å²) >= 11 is 1.72. The highest BCUT2D eigenvalue weighted by Gasteiger charge is 2.17. The molecule has 7 heteroatoms. The Balaban J connectivity index is 1.54. The largest absolute Gasteiger partial charge is 0.481 e. The summed E-state index contributed by atoms with van der Waals surface area (Å²) in [5, 5.41) is 3.83. The van der Waals surface area contributed by atoms with E-state index < -0.39 is 6.10 Å². The molecule has 1 N–H and O–H groups in total. The second-order valence-corrected chi connectivity index (χ2v) is 6.68. The monoisotopic (exact) mass is 345 g/mol. The number of nitrogens with one attached hydrogen (secondary N) is 1. The van der Waals surface area contributed by atoms with Crippen LogP contribution in [0.25, 0.3) is 0 Å². The van der Waals surface area contributed by atoms with Gasteiger partial charge in [0.15, 0.2) is 17.0 Å². The van der Waals surface area contributed by atoms with Crippen molar-refractivity contribution in [3.63, 3.8) is 0 Å². The Morgan fingerprint density at radius 1 is 1.46 bits per heavy atom. The summed E-state index contributed by atoms with van der Waals surface area (Å²) in [6.45, 7) is 4.52. The first-order valence-electron chi connectivity index (χ1n) is 7.77. The predicted molar refractivity (Wildman–Crippen MR) is 91.3 cm³/mol. The number of aryl methyl sites for hydroxylation is 1. The number of carbonyl (C=O) groups excluding carboxylic acids is 2. The molecule has 6 nitrogen and oxygen atoms in total. The van der Waals surface area contributed by atoms with Crippen LogP contribution in [0.15, 0.2) is 35.6 Å². The molecule has 0 saturated heterocycles. The summed E-state index contributed by atoms with van der Waals surface area (Å²) in [5.41, 5.74) is 1.40. The minimum absolute atomic E-state index is 0.0387. The van der Waals surface area contributed by atoms with Gasteiger partial charge in [-0.15, -0.1) is 0 Å². The van der Waals surface area contributed by atoms with Gasteiger partial charge in [0.25, 0.3) is 5.91 Å². The lowest BCUT2D eigenvalue weighted by Gasteiger charge is -2.14. The van der Waals surface area contributed by atoms with Crippen molar-refractivity contribution in [1.82, 2.24) is 14.9 Å². The SMILES string of the molecule is CC(=O)c1cccc(O[C@H](C)C(=O)NCc2cn3c(n2)SCC3)c1. The van der Waals surface area contributed by atoms with Crippen molar-refractivity contribution < 1.29 is 14.3 Å². The molecule has 2 heterocycles. The number of fused-ring (bicyclic) bond motifs is 1. The molecule has 0 radical (unpaired) electrons. The number of thioether (sulfide) groups is 1. The van der Waals surface area contributed by atoms with Crippen LogP contribution < -0.4 is 10.1 Å². The lowest BCUT2D eigenvalue weighted by molar-refractivity contribution is -0.127. The Kier molecular flexibility index (Phi) is 4.89. The summed E-state index contributed by atoms with van der Waals surface area (Å²) in [5.74, 6) is 1.30. The number of ketones is 1. The highest BCUT2D eigenvalue weighted by atomic mass is 32.2. The summed E-state index contributed by atoms with van der Waals surface area (Å²) < 4.78 is 7.72. The predicted octanol–water partition coefficient (Wildman–Crippen LogP) is 2.28. The van der Waals surface area contributed by atoms with Crippen LogP contribution in [0.2, 0.25) is 0 Å². The van der Waals surface area contributed by atoms with Gasteiger partial charge in [-0.05, 0) is 26.0 Å². The molecule has 0 spiro atoms. The van der Waals surface area contributed by atoms with Crippen LogP contribution in [0, 0.1) is 0 Å². The zero-order chi connectivity index (χ0) is 17.1. The molecule has 0 aliphatic carbocycles. The number of nitrogens with zero attached hydrogens (tertiary/aromatic N) is 2. The van der Waals surface area contributed by atoms with Crippen LogP contribution in [0.1, 0.15) is 29.9 Å². The van der Waals surface area contributed by atoms with Crippen LogP contribution in [0.3, 0.4) is 0 Å². The zero-order valence-electron chi connectivity index (χ0n) is 13.6. The highest BCUT2D eigenvalue weighted by molar-refractivity contribution is 7.99. The fourth-order valence-corrected chi connectivity index (χ4v) is 3.38. The normalized spacial score (nSPS) is 14.1. The number of hydrogen-bond acceptors (Lipinski definition) is 5. The maximum Gasteiger partial charge on any atom is 0.261 e. The quantitative estimate of drug-likeness (QED) is 0.813. The average Bonchev–Trinajstić information content (AvgIpc) is 3.14. The number of carbonyl (C=O) groups is 2. The molecule has 126 valence electrons. The Labute approximate surface area is 144 Å². The third-order valence-corrected chi connectivity index (χ3v) is 4.69. The van der Waals surface area contributed by atoms with Crippen LogP contribution in [0.4, 0.5) is 0 Å². The van der Waals surface area contributed by atoms with Crippen molar-refractivity contribution in [3.8, 4) is 5.75 Å². The molecule has 24 heavy (non-hydrogen) atoms. The van der Waals surface area contributed by atoms with E-state index in [1.165, 1.54) is 6.92 Å². The molecule has 0 bridgehead atoms. The molecular weight excluding hydrogens is 326 g/mol. The van der Waals surface area contributed by atoms with Crippen molar-refractivity contribution in [3.05, 3.63) is 41.7 Å². The molecule has 1 aliphatic heterocycles. The number of benzene rings is 1. The summed E-state index contributed by atoms with van der Waals surface area (Å²) in [7, 11) is 0. The standard InChI is InChI=1S/C17H19N3O3S/c1-11(21)13-4-3-5-15(8-13)23-12(2)16(22)18-9-14-10-20-6-7-24-17(20)19-14/h3-5,8,10,12H,6-7,9H2,1-2H3,(H,18,22)/t12-/m1/s1. The van der Waals surface area contributed by atoms with E-state index in [0.717, 1.165) is 23.1 Å². The van der Waals surface area contributed by atoms with E-state index >= 15 is 0 Å². The number of ether oxygens (including phenoxy) is 1. The molecule has 0 saturated carbocycles. The van der Waals surface area contributed by atoms with Crippen molar-refractivity contribution in [2.75, 3.05) is 5.75 Å². The van der Waals surface area contributed by atoms with Crippen molar-refractivity contribution in [2.45, 2.75) is 38.2 Å². The second kappa shape index (κ2) is 7.09. The molecule has 1 aliphatic rings. The van der Waals surface area contributed by atoms with Gasteiger partial charge in [0.1, 0.15) is 5.75 Å². The molecule has 2 aromatic rings. The lowest BCUT2D eigenvalue weighted by atomic mass is 10.1. The van der Waals surface area contributed by atoms with Crippen molar-refractivity contribution in [2.24, 2.45) is 0 Å². The second-order valence-electron chi connectivity index (χ2n) is 5.62. The topological polar surface area (TPSA) is 73.2 Å². The molecule has 1 amide bonds. The van der Waals surface area contributed by atoms with E-state index in [1.807, 2.05) is 6.20 Å². The Bertz CT molecular complexity index is 751. The molecule has 1 atom stereocenters. The van der Waals surface area contributed by atoms with Gasteiger partial charge in [0, 0.05) is 24.1 Å². The minimum atomic E-state index is -0.656. The van der Waals surface area contributed by atoms with Crippen molar-refractivity contribution in [1.29, 1.82) is 0 Å². The molecule has 1 aromatic carbocycles. The van der Waals surface area contributed by atoms with E-state index in [0.29, 0.717) is 17.9 Å². The maximum absolute atomic E-state index is 12.2. The van der Waals surface area contributed by atoms with E-state index in [2.05, 4.69) is 14.9 Å². The third-order valence-electron chi connectivity index (χ3n) is 3.72. The van der Waals surface area contributed by atoms with E-state index in [-0.39, 0.29) is 11.7 Å². The first kappa shape index (κ1) is 16.6. The molecular formula is C17H19N3O3S. The number of imidazole rings is 1. The average molecular weight is 345 g/mol. The van der Waals surface area contributed by atoms with Crippen LogP contribution in [-0.4, -0.2) is 33.1 Å². The van der Waals surface area contributed by atoms with Gasteiger partial charge in [-0.25, -0.2) is 4.98 Å². The smallest absolute Gasteiger partial charge is 0.261 e. The Morgan fingerprint density at radius 3 is 3.04 bits per heavy atom. The van der Waals surface area contributed by atoms with Gasteiger partial charge < -0.3 is 14.6 Å². The third kappa shape index (κ3) is 3.79. The number of hydrogen-bond donors (Lipinski definition) is 1. The fraction of sp³-hybridized carbons (Fsp3) is 0.353. The lowest BCUT2D eigenvalue weighted by Crippen LogP contribution is -2.36. The van der Waals surface area contributed by atoms with E-state index in [1.54, 1.807) is 43.0 Å². The summed E-state index contributed by atoms with van der Waals surface area (Å²) in [4.78, 5) is 28.0. The summed E-state index contributed by atoms with van der Waals surface area (Å²) in [6, 6.07) is 6.83. The van der Waals surface area contributed by atoms with Gasteiger partial charge in [-0.3, -0.25) is 9.59 Å². The first-order chi connectivity index (χ1) is 11.5. The first-order valence-corrected chi connectivity index (χ1v) is 8.75. The maximum atomic E-state index is 12.2. The Morgan fingerprint density at radius 2 is 2.29 bits per heavy atom. The fourth-order valence-electron chi connectivity index (χ4n) is 2.41. The molecule has 1 aromatic heterocycles. The Hall–Kier alpha value is -2.28. The van der Waals surface area contributed by atoms with Gasteiger partial charge in [-0.1, -0.05) is 23.9 Å². The zero-order valence-corrected chi connectivity index (χ0v) is 14.4. The number of amides is 1. The van der Waals surface area contributed by atoms with Crippen molar-refractivity contribution >= 4 is 23.5 Å². The van der Waals surface area contributed by atoms with E-state index in [4.69, 9.17) is 4.74 Å². The highest BCUT2D eigenvalue weighted by Crippen LogP contribution is 2.24. The number of aromatic nitrogens is 2. The van der Waals surface area contributed by atoms with Gasteiger partial charge >= 0.3 is 0 Å². The van der Waals surface area contributed by atoms with E-state index in [9.17, 15) is 9.59 Å². The number of rotatable bonds is 6. The number of Topliss-reactive ketones (excluding diaryl/α,β-unsaturated/α-hetero) is 1. The van der Waals surface area contributed by atoms with Crippen LogP contribution in [-0.2, 0) is 17.9 Å².